The van der Waals surface area contributed by atoms with Gasteiger partial charge in [-0.3, -0.25) is 9.78 Å². The van der Waals surface area contributed by atoms with Gasteiger partial charge in [-0.2, -0.15) is 23.4 Å². The zero-order valence-corrected chi connectivity index (χ0v) is 16.7. The van der Waals surface area contributed by atoms with Crippen LogP contribution in [0.3, 0.4) is 0 Å². The second kappa shape index (κ2) is 7.66. The number of hydrogen-bond donors (Lipinski definition) is 0. The molecule has 0 spiro atoms. The molecule has 2 aromatic carbocycles. The molecule has 0 N–H and O–H groups in total. The first kappa shape index (κ1) is 20.6. The van der Waals surface area contributed by atoms with Gasteiger partial charge in [0.1, 0.15) is 11.3 Å². The SMILES string of the molecule is O=c1ccn(-c2cccc(C(F)(F)F)c2)nc1-c1ccnn1-c1ccnc2c(F)cccc12. The Morgan fingerprint density at radius 1 is 0.909 bits per heavy atom. The lowest BCUT2D eigenvalue weighted by molar-refractivity contribution is -0.137. The summed E-state index contributed by atoms with van der Waals surface area (Å²) in [5.41, 5.74) is -0.295. The summed E-state index contributed by atoms with van der Waals surface area (Å²) in [6.07, 6.45) is -0.359. The monoisotopic (exact) mass is 451 g/mol. The average molecular weight is 451 g/mol. The third-order valence-electron chi connectivity index (χ3n) is 5.06. The molecule has 0 aliphatic carbocycles. The van der Waals surface area contributed by atoms with Gasteiger partial charge in [-0.1, -0.05) is 18.2 Å². The van der Waals surface area contributed by atoms with E-state index in [0.29, 0.717) is 11.1 Å². The van der Waals surface area contributed by atoms with Crippen LogP contribution in [0.1, 0.15) is 5.56 Å². The fourth-order valence-corrected chi connectivity index (χ4v) is 3.54. The predicted octanol–water partition coefficient (Wildman–Crippen LogP) is 4.79. The van der Waals surface area contributed by atoms with Gasteiger partial charge in [-0.05, 0) is 36.4 Å². The molecule has 164 valence electrons. The third kappa shape index (κ3) is 3.65. The van der Waals surface area contributed by atoms with Gasteiger partial charge < -0.3 is 0 Å². The molecule has 33 heavy (non-hydrogen) atoms. The first-order valence-electron chi connectivity index (χ1n) is 9.68. The highest BCUT2D eigenvalue weighted by Crippen LogP contribution is 2.30. The number of aromatic nitrogens is 5. The average Bonchev–Trinajstić information content (AvgIpc) is 3.28. The van der Waals surface area contributed by atoms with Crippen LogP contribution in [0.15, 0.2) is 84.0 Å². The Morgan fingerprint density at radius 2 is 1.73 bits per heavy atom. The van der Waals surface area contributed by atoms with Crippen LogP contribution < -0.4 is 5.43 Å². The van der Waals surface area contributed by atoms with Crippen LogP contribution in [0.4, 0.5) is 17.6 Å². The summed E-state index contributed by atoms with van der Waals surface area (Å²) in [6, 6.07) is 13.5. The lowest BCUT2D eigenvalue weighted by Gasteiger charge is -2.12. The summed E-state index contributed by atoms with van der Waals surface area (Å²) in [5, 5.41) is 9.01. The number of benzene rings is 2. The van der Waals surface area contributed by atoms with E-state index in [0.717, 1.165) is 12.1 Å². The minimum Gasteiger partial charge on any atom is -0.287 e. The molecule has 0 fully saturated rings. The smallest absolute Gasteiger partial charge is 0.287 e. The van der Waals surface area contributed by atoms with Gasteiger partial charge in [0.05, 0.1) is 28.8 Å². The molecule has 6 nitrogen and oxygen atoms in total. The fourth-order valence-electron chi connectivity index (χ4n) is 3.54. The number of para-hydroxylation sites is 1. The Balaban J connectivity index is 1.67. The number of halogens is 4. The molecule has 0 bridgehead atoms. The van der Waals surface area contributed by atoms with Crippen LogP contribution in [0, 0.1) is 5.82 Å². The zero-order chi connectivity index (χ0) is 23.2. The molecule has 5 rings (SSSR count). The first-order chi connectivity index (χ1) is 15.8. The molecular weight excluding hydrogens is 438 g/mol. The van der Waals surface area contributed by atoms with Gasteiger partial charge in [-0.25, -0.2) is 13.8 Å². The van der Waals surface area contributed by atoms with Crippen molar-refractivity contribution in [1.82, 2.24) is 24.5 Å². The van der Waals surface area contributed by atoms with Gasteiger partial charge in [0.2, 0.25) is 5.43 Å². The lowest BCUT2D eigenvalue weighted by Crippen LogP contribution is -2.15. The maximum atomic E-state index is 14.2. The second-order valence-corrected chi connectivity index (χ2v) is 7.12. The van der Waals surface area contributed by atoms with E-state index in [4.69, 9.17) is 0 Å². The van der Waals surface area contributed by atoms with Crippen molar-refractivity contribution >= 4 is 10.9 Å². The summed E-state index contributed by atoms with van der Waals surface area (Å²) < 4.78 is 56.2. The summed E-state index contributed by atoms with van der Waals surface area (Å²) in [4.78, 5) is 16.7. The van der Waals surface area contributed by atoms with Crippen molar-refractivity contribution < 1.29 is 17.6 Å². The summed E-state index contributed by atoms with van der Waals surface area (Å²) >= 11 is 0. The largest absolute Gasteiger partial charge is 0.416 e. The Morgan fingerprint density at radius 3 is 2.55 bits per heavy atom. The molecule has 10 heteroatoms. The van der Waals surface area contributed by atoms with Crippen molar-refractivity contribution in [3.8, 4) is 22.8 Å². The maximum Gasteiger partial charge on any atom is 0.416 e. The zero-order valence-electron chi connectivity index (χ0n) is 16.7. The molecule has 0 atom stereocenters. The van der Waals surface area contributed by atoms with Crippen molar-refractivity contribution in [2.45, 2.75) is 6.18 Å². The molecule has 0 aliphatic heterocycles. The number of fused-ring (bicyclic) bond motifs is 1. The van der Waals surface area contributed by atoms with Crippen LogP contribution in [0.25, 0.3) is 33.7 Å². The quantitative estimate of drug-likeness (QED) is 0.370. The highest BCUT2D eigenvalue weighted by Gasteiger charge is 2.30. The van der Waals surface area contributed by atoms with Gasteiger partial charge in [0.25, 0.3) is 0 Å². The van der Waals surface area contributed by atoms with Gasteiger partial charge in [0, 0.05) is 23.8 Å². The van der Waals surface area contributed by atoms with Crippen molar-refractivity contribution in [2.24, 2.45) is 0 Å². The van der Waals surface area contributed by atoms with E-state index in [2.05, 4.69) is 15.2 Å². The van der Waals surface area contributed by atoms with E-state index in [1.54, 1.807) is 18.2 Å². The minimum absolute atomic E-state index is 0.0335. The molecule has 0 aliphatic rings. The molecule has 5 aromatic rings. The van der Waals surface area contributed by atoms with Crippen LogP contribution in [0.2, 0.25) is 0 Å². The number of hydrogen-bond acceptors (Lipinski definition) is 4. The Labute approximate surface area is 183 Å². The predicted molar refractivity (Wildman–Crippen MR) is 113 cm³/mol. The van der Waals surface area contributed by atoms with E-state index >= 15 is 0 Å². The topological polar surface area (TPSA) is 65.6 Å². The lowest BCUT2D eigenvalue weighted by atomic mass is 10.1. The number of rotatable bonds is 3. The molecule has 3 heterocycles. The van der Waals surface area contributed by atoms with Crippen LogP contribution >= 0.6 is 0 Å². The van der Waals surface area contributed by atoms with Gasteiger partial charge in [0.15, 0.2) is 5.69 Å². The highest BCUT2D eigenvalue weighted by atomic mass is 19.4. The first-order valence-corrected chi connectivity index (χ1v) is 9.68. The maximum absolute atomic E-state index is 14.2. The molecule has 0 amide bonds. The molecule has 0 radical (unpaired) electrons. The number of nitrogens with zero attached hydrogens (tertiary/aromatic N) is 5. The van der Waals surface area contributed by atoms with Crippen LogP contribution in [-0.4, -0.2) is 24.5 Å². The van der Waals surface area contributed by atoms with E-state index < -0.39 is 23.0 Å². The van der Waals surface area contributed by atoms with Crippen molar-refractivity contribution in [3.05, 3.63) is 101 Å². The summed E-state index contributed by atoms with van der Waals surface area (Å²) in [7, 11) is 0. The molecule has 0 saturated carbocycles. The standard InChI is InChI=1S/C23H13F4N5O/c24-17-6-2-5-16-18(7-10-28-21(16)17)32-19(8-11-29-32)22-20(33)9-12-31(30-22)15-4-1-3-14(13-15)23(25,26)27/h1-13H. The highest BCUT2D eigenvalue weighted by molar-refractivity contribution is 5.87. The third-order valence-corrected chi connectivity index (χ3v) is 5.06. The Bertz CT molecular complexity index is 1550. The molecule has 0 saturated heterocycles. The summed E-state index contributed by atoms with van der Waals surface area (Å²) in [5.74, 6) is -0.507. The Hall–Kier alpha value is -4.34. The minimum atomic E-state index is -4.52. The van der Waals surface area contributed by atoms with Crippen LogP contribution in [0.5, 0.6) is 0 Å². The van der Waals surface area contributed by atoms with E-state index in [1.807, 2.05) is 0 Å². The van der Waals surface area contributed by atoms with E-state index in [-0.39, 0.29) is 22.6 Å². The fraction of sp³-hybridized carbons (Fsp3) is 0.0435. The molecule has 3 aromatic heterocycles. The number of pyridine rings is 1. The van der Waals surface area contributed by atoms with Gasteiger partial charge in [-0.15, -0.1) is 0 Å². The van der Waals surface area contributed by atoms with Crippen LogP contribution in [-0.2, 0) is 6.18 Å². The normalized spacial score (nSPS) is 11.8. The molecular formula is C23H13F4N5O. The van der Waals surface area contributed by atoms with Gasteiger partial charge >= 0.3 is 6.18 Å². The Kier molecular flexibility index (Phi) is 4.77. The van der Waals surface area contributed by atoms with E-state index in [1.165, 1.54) is 58.3 Å². The van der Waals surface area contributed by atoms with Crippen molar-refractivity contribution in [1.29, 1.82) is 0 Å². The molecule has 0 unspecified atom stereocenters. The number of alkyl halides is 3. The summed E-state index contributed by atoms with van der Waals surface area (Å²) in [6.45, 7) is 0. The van der Waals surface area contributed by atoms with Crippen molar-refractivity contribution in [3.63, 3.8) is 0 Å². The second-order valence-electron chi connectivity index (χ2n) is 7.12. The van der Waals surface area contributed by atoms with E-state index in [9.17, 15) is 22.4 Å². The van der Waals surface area contributed by atoms with Crippen molar-refractivity contribution in [2.75, 3.05) is 0 Å².